The van der Waals surface area contributed by atoms with E-state index >= 15 is 0 Å². The summed E-state index contributed by atoms with van der Waals surface area (Å²) in [6.45, 7) is 6.80. The van der Waals surface area contributed by atoms with Gasteiger partial charge >= 0.3 is 0 Å². The number of nitrogens with zero attached hydrogens (tertiary/aromatic N) is 2. The van der Waals surface area contributed by atoms with Crippen LogP contribution in [0.4, 0.5) is 0 Å². The van der Waals surface area contributed by atoms with Gasteiger partial charge in [0.05, 0.1) is 6.10 Å². The van der Waals surface area contributed by atoms with Crippen LogP contribution in [0, 0.1) is 11.8 Å². The highest BCUT2D eigenvalue weighted by Crippen LogP contribution is 2.45. The Morgan fingerprint density at radius 1 is 1.11 bits per heavy atom. The predicted octanol–water partition coefficient (Wildman–Crippen LogP) is 2.10. The van der Waals surface area contributed by atoms with Crippen LogP contribution < -0.4 is 10.1 Å². The highest BCUT2D eigenvalue weighted by molar-refractivity contribution is 5.27. The molecule has 1 aliphatic heterocycles. The van der Waals surface area contributed by atoms with E-state index in [1.54, 1.807) is 0 Å². The van der Waals surface area contributed by atoms with Crippen molar-refractivity contribution < 1.29 is 9.84 Å². The number of nitrogens with one attached hydrogen (secondary N) is 1. The van der Waals surface area contributed by atoms with E-state index in [2.05, 4.69) is 27.3 Å². The van der Waals surface area contributed by atoms with Crippen molar-refractivity contribution in [3.05, 3.63) is 59.9 Å². The van der Waals surface area contributed by atoms with Crippen LogP contribution in [0.3, 0.4) is 0 Å². The van der Waals surface area contributed by atoms with Gasteiger partial charge in [0, 0.05) is 44.6 Å². The number of piperidine rings is 1. The fourth-order valence-electron chi connectivity index (χ4n) is 4.25. The number of benzene rings is 1. The van der Waals surface area contributed by atoms with Crippen LogP contribution in [-0.4, -0.2) is 53.4 Å². The van der Waals surface area contributed by atoms with E-state index in [1.807, 2.05) is 43.6 Å². The minimum Gasteiger partial charge on any atom is -0.492 e. The molecule has 2 fully saturated rings. The maximum atomic E-state index is 9.42. The zero-order valence-electron chi connectivity index (χ0n) is 15.9. The number of aromatic nitrogens is 1. The first-order valence-corrected chi connectivity index (χ1v) is 9.93. The largest absolute Gasteiger partial charge is 0.492 e. The molecule has 1 saturated heterocycles. The van der Waals surface area contributed by atoms with Crippen molar-refractivity contribution >= 4 is 0 Å². The summed E-state index contributed by atoms with van der Waals surface area (Å²) in [5, 5.41) is 13.1. The number of aliphatic hydroxyl groups excluding tert-OH is 1. The van der Waals surface area contributed by atoms with Gasteiger partial charge in [0.1, 0.15) is 12.4 Å². The maximum Gasteiger partial charge on any atom is 0.119 e. The Labute approximate surface area is 161 Å². The minimum atomic E-state index is -0.306. The summed E-state index contributed by atoms with van der Waals surface area (Å²) in [7, 11) is 0. The molecule has 5 nitrogen and oxygen atoms in total. The highest BCUT2D eigenvalue weighted by atomic mass is 16.5. The molecule has 1 aliphatic carbocycles. The third kappa shape index (κ3) is 4.86. The Hall–Kier alpha value is -1.95. The third-order valence-electron chi connectivity index (χ3n) is 5.63. The van der Waals surface area contributed by atoms with Crippen LogP contribution in [-0.2, 0) is 13.0 Å². The summed E-state index contributed by atoms with van der Waals surface area (Å²) in [5.41, 5.74) is 2.49. The van der Waals surface area contributed by atoms with Crippen molar-refractivity contribution in [2.45, 2.75) is 32.0 Å². The van der Waals surface area contributed by atoms with Crippen LogP contribution in [0.5, 0.6) is 5.75 Å². The Bertz CT molecular complexity index is 708. The van der Waals surface area contributed by atoms with Crippen LogP contribution in [0.15, 0.2) is 48.8 Å². The van der Waals surface area contributed by atoms with E-state index < -0.39 is 0 Å². The average Bonchev–Trinajstić information content (AvgIpc) is 3.11. The lowest BCUT2D eigenvalue weighted by atomic mass is 10.1. The SMILES string of the molecule is C[C@@H](O)Cc1ccc(OCCNC2[C@H]3CN(Cc4ccncc4)C[C@@H]23)cc1. The number of fused-ring (bicyclic) bond motifs is 1. The lowest BCUT2D eigenvalue weighted by Gasteiger charge is -2.19. The predicted molar refractivity (Wildman–Crippen MR) is 106 cm³/mol. The normalized spacial score (nSPS) is 25.2. The van der Waals surface area contributed by atoms with Crippen molar-refractivity contribution in [1.82, 2.24) is 15.2 Å². The lowest BCUT2D eigenvalue weighted by molar-refractivity contribution is 0.195. The minimum absolute atomic E-state index is 0.306. The summed E-state index contributed by atoms with van der Waals surface area (Å²) in [6.07, 6.45) is 4.12. The van der Waals surface area contributed by atoms with E-state index in [4.69, 9.17) is 4.74 Å². The molecule has 144 valence electrons. The topological polar surface area (TPSA) is 57.6 Å². The molecule has 0 amide bonds. The standard InChI is InChI=1S/C22H29N3O2/c1-16(26)12-17-2-4-19(5-3-17)27-11-10-24-22-20-14-25(15-21(20)22)13-18-6-8-23-9-7-18/h2-9,16,20-22,24,26H,10-15H2,1H3/t16-,20-,21+,22?/m1/s1. The molecule has 2 aromatic rings. The third-order valence-corrected chi connectivity index (χ3v) is 5.63. The Balaban J connectivity index is 1.11. The molecule has 0 spiro atoms. The number of aliphatic hydroxyl groups is 1. The first kappa shape index (κ1) is 18.4. The maximum absolute atomic E-state index is 9.42. The zero-order valence-corrected chi connectivity index (χ0v) is 15.9. The van der Waals surface area contributed by atoms with E-state index in [1.165, 1.54) is 18.7 Å². The van der Waals surface area contributed by atoms with Gasteiger partial charge in [-0.25, -0.2) is 0 Å². The number of likely N-dealkylation sites (tertiary alicyclic amines) is 1. The van der Waals surface area contributed by atoms with Crippen molar-refractivity contribution in [3.8, 4) is 5.75 Å². The number of ether oxygens (including phenoxy) is 1. The molecule has 0 bridgehead atoms. The van der Waals surface area contributed by atoms with Gasteiger partial charge in [-0.3, -0.25) is 9.88 Å². The van der Waals surface area contributed by atoms with Crippen LogP contribution >= 0.6 is 0 Å². The molecule has 1 aromatic heterocycles. The quantitative estimate of drug-likeness (QED) is 0.665. The van der Waals surface area contributed by atoms with Gasteiger partial charge in [-0.2, -0.15) is 0 Å². The number of hydrogen-bond acceptors (Lipinski definition) is 5. The molecule has 5 heteroatoms. The second-order valence-electron chi connectivity index (χ2n) is 7.90. The molecule has 1 saturated carbocycles. The van der Waals surface area contributed by atoms with Gasteiger partial charge in [0.25, 0.3) is 0 Å². The summed E-state index contributed by atoms with van der Waals surface area (Å²) in [5.74, 6) is 2.49. The number of pyridine rings is 1. The fourth-order valence-corrected chi connectivity index (χ4v) is 4.25. The van der Waals surface area contributed by atoms with Crippen LogP contribution in [0.1, 0.15) is 18.1 Å². The van der Waals surface area contributed by atoms with Crippen molar-refractivity contribution in [1.29, 1.82) is 0 Å². The van der Waals surface area contributed by atoms with Crippen LogP contribution in [0.25, 0.3) is 0 Å². The highest BCUT2D eigenvalue weighted by Gasteiger charge is 2.55. The molecular formula is C22H29N3O2. The van der Waals surface area contributed by atoms with Gasteiger partial charge in [0.2, 0.25) is 0 Å². The van der Waals surface area contributed by atoms with E-state index in [0.29, 0.717) is 19.1 Å². The number of rotatable bonds is 9. The summed E-state index contributed by atoms with van der Waals surface area (Å²) in [4.78, 5) is 6.63. The Morgan fingerprint density at radius 3 is 2.48 bits per heavy atom. The van der Waals surface area contributed by atoms with Crippen LogP contribution in [0.2, 0.25) is 0 Å². The second kappa shape index (κ2) is 8.38. The smallest absolute Gasteiger partial charge is 0.119 e. The zero-order chi connectivity index (χ0) is 18.6. The molecular weight excluding hydrogens is 338 g/mol. The average molecular weight is 367 g/mol. The Morgan fingerprint density at radius 2 is 1.81 bits per heavy atom. The van der Waals surface area contributed by atoms with E-state index in [-0.39, 0.29) is 6.10 Å². The van der Waals surface area contributed by atoms with Crippen molar-refractivity contribution in [3.63, 3.8) is 0 Å². The van der Waals surface area contributed by atoms with Gasteiger partial charge in [-0.15, -0.1) is 0 Å². The summed E-state index contributed by atoms with van der Waals surface area (Å²) < 4.78 is 5.83. The van der Waals surface area contributed by atoms with Gasteiger partial charge in [-0.05, 0) is 60.6 Å². The molecule has 4 atom stereocenters. The molecule has 1 aromatic carbocycles. The molecule has 1 unspecified atom stereocenters. The number of hydrogen-bond donors (Lipinski definition) is 2. The van der Waals surface area contributed by atoms with Gasteiger partial charge in [0.15, 0.2) is 0 Å². The van der Waals surface area contributed by atoms with Crippen molar-refractivity contribution in [2.75, 3.05) is 26.2 Å². The second-order valence-corrected chi connectivity index (χ2v) is 7.90. The fraction of sp³-hybridized carbons (Fsp3) is 0.500. The van der Waals surface area contributed by atoms with Gasteiger partial charge in [-0.1, -0.05) is 12.1 Å². The molecule has 2 N–H and O–H groups in total. The molecule has 2 heterocycles. The first-order valence-electron chi connectivity index (χ1n) is 9.93. The first-order chi connectivity index (χ1) is 13.2. The Kier molecular flexibility index (Phi) is 5.72. The molecule has 27 heavy (non-hydrogen) atoms. The lowest BCUT2D eigenvalue weighted by Crippen LogP contribution is -2.33. The summed E-state index contributed by atoms with van der Waals surface area (Å²) in [6, 6.07) is 12.9. The summed E-state index contributed by atoms with van der Waals surface area (Å²) >= 11 is 0. The monoisotopic (exact) mass is 367 g/mol. The van der Waals surface area contributed by atoms with E-state index in [0.717, 1.165) is 36.2 Å². The molecule has 0 radical (unpaired) electrons. The molecule has 2 aliphatic rings. The van der Waals surface area contributed by atoms with Crippen molar-refractivity contribution in [2.24, 2.45) is 11.8 Å². The van der Waals surface area contributed by atoms with E-state index in [9.17, 15) is 5.11 Å². The molecule has 4 rings (SSSR count). The van der Waals surface area contributed by atoms with Gasteiger partial charge < -0.3 is 15.2 Å².